The van der Waals surface area contributed by atoms with Crippen molar-refractivity contribution in [3.05, 3.63) is 35.4 Å². The van der Waals surface area contributed by atoms with Gasteiger partial charge in [0.1, 0.15) is 0 Å². The van der Waals surface area contributed by atoms with Crippen LogP contribution >= 0.6 is 0 Å². The third-order valence-corrected chi connectivity index (χ3v) is 3.42. The van der Waals surface area contributed by atoms with E-state index >= 15 is 0 Å². The summed E-state index contributed by atoms with van der Waals surface area (Å²) in [5.74, 6) is 0. The zero-order chi connectivity index (χ0) is 15.3. The van der Waals surface area contributed by atoms with Crippen LogP contribution in [0.15, 0.2) is 24.3 Å². The molecule has 0 aliphatic rings. The number of alkyl halides is 3. The molecule has 1 rings (SSSR count). The predicted molar refractivity (Wildman–Crippen MR) is 75.6 cm³/mol. The van der Waals surface area contributed by atoms with Gasteiger partial charge in [0.05, 0.1) is 5.56 Å². The second-order valence-electron chi connectivity index (χ2n) is 5.27. The number of nitrogens with zero attached hydrogens (tertiary/aromatic N) is 1. The number of benzene rings is 1. The van der Waals surface area contributed by atoms with Gasteiger partial charge in [-0.05, 0) is 45.1 Å². The van der Waals surface area contributed by atoms with Crippen molar-refractivity contribution in [1.82, 2.24) is 10.2 Å². The molecule has 2 nitrogen and oxygen atoms in total. The van der Waals surface area contributed by atoms with Crippen molar-refractivity contribution in [3.8, 4) is 0 Å². The van der Waals surface area contributed by atoms with E-state index < -0.39 is 11.7 Å². The predicted octanol–water partition coefficient (Wildman–Crippen LogP) is 3.70. The van der Waals surface area contributed by atoms with Crippen molar-refractivity contribution in [3.63, 3.8) is 0 Å². The summed E-state index contributed by atoms with van der Waals surface area (Å²) in [5.41, 5.74) is 0.0827. The van der Waals surface area contributed by atoms with Gasteiger partial charge in [0.15, 0.2) is 0 Å². The van der Waals surface area contributed by atoms with Gasteiger partial charge in [0, 0.05) is 18.6 Å². The van der Waals surface area contributed by atoms with Gasteiger partial charge in [0.2, 0.25) is 0 Å². The summed E-state index contributed by atoms with van der Waals surface area (Å²) in [7, 11) is 1.97. The average Bonchev–Trinajstić information content (AvgIpc) is 2.37. The molecular formula is C15H23F3N2. The average molecular weight is 288 g/mol. The summed E-state index contributed by atoms with van der Waals surface area (Å²) < 4.78 is 38.3. The van der Waals surface area contributed by atoms with Crippen LogP contribution in [0.2, 0.25) is 0 Å². The van der Waals surface area contributed by atoms with Crippen LogP contribution in [0, 0.1) is 0 Å². The topological polar surface area (TPSA) is 15.3 Å². The standard InChI is InChI=1S/C15H23F3N2/c1-5-19-14(10-20(4)11(2)3)12-7-6-8-13(9-12)15(16,17)18/h6-9,11,14,19H,5,10H2,1-4H3. The van der Waals surface area contributed by atoms with Gasteiger partial charge in [-0.3, -0.25) is 0 Å². The van der Waals surface area contributed by atoms with Crippen LogP contribution in [-0.4, -0.2) is 31.1 Å². The molecule has 1 aromatic carbocycles. The van der Waals surface area contributed by atoms with Gasteiger partial charge in [-0.2, -0.15) is 13.2 Å². The van der Waals surface area contributed by atoms with Crippen molar-refractivity contribution >= 4 is 0 Å². The molecule has 0 spiro atoms. The highest BCUT2D eigenvalue weighted by molar-refractivity contribution is 5.28. The number of hydrogen-bond acceptors (Lipinski definition) is 2. The minimum Gasteiger partial charge on any atom is -0.309 e. The number of hydrogen-bond donors (Lipinski definition) is 1. The van der Waals surface area contributed by atoms with E-state index in [1.54, 1.807) is 6.07 Å². The molecule has 0 fully saturated rings. The van der Waals surface area contributed by atoms with Crippen molar-refractivity contribution in [1.29, 1.82) is 0 Å². The minimum atomic E-state index is -4.29. The van der Waals surface area contributed by atoms with Crippen molar-refractivity contribution in [2.75, 3.05) is 20.1 Å². The van der Waals surface area contributed by atoms with Crippen LogP contribution in [0.1, 0.15) is 37.9 Å². The third kappa shape index (κ3) is 4.80. The van der Waals surface area contributed by atoms with Gasteiger partial charge in [-0.15, -0.1) is 0 Å². The highest BCUT2D eigenvalue weighted by Crippen LogP contribution is 2.30. The molecule has 0 amide bonds. The van der Waals surface area contributed by atoms with Gasteiger partial charge in [0.25, 0.3) is 0 Å². The summed E-state index contributed by atoms with van der Waals surface area (Å²) in [4.78, 5) is 2.12. The smallest absolute Gasteiger partial charge is 0.309 e. The first-order valence-corrected chi connectivity index (χ1v) is 6.86. The van der Waals surface area contributed by atoms with Crippen LogP contribution in [0.5, 0.6) is 0 Å². The van der Waals surface area contributed by atoms with Gasteiger partial charge in [-0.25, -0.2) is 0 Å². The van der Waals surface area contributed by atoms with E-state index in [0.717, 1.165) is 6.07 Å². The van der Waals surface area contributed by atoms with E-state index in [1.165, 1.54) is 12.1 Å². The first-order chi connectivity index (χ1) is 9.25. The molecule has 1 N–H and O–H groups in total. The monoisotopic (exact) mass is 288 g/mol. The lowest BCUT2D eigenvalue weighted by Crippen LogP contribution is -2.36. The number of halogens is 3. The summed E-state index contributed by atoms with van der Waals surface area (Å²) >= 11 is 0. The zero-order valence-corrected chi connectivity index (χ0v) is 12.5. The van der Waals surface area contributed by atoms with Crippen molar-refractivity contribution in [2.45, 2.75) is 39.0 Å². The Hall–Kier alpha value is -1.07. The number of likely N-dealkylation sites (N-methyl/N-ethyl adjacent to an activating group) is 2. The fourth-order valence-corrected chi connectivity index (χ4v) is 1.96. The molecule has 0 aliphatic heterocycles. The summed E-state index contributed by atoms with van der Waals surface area (Å²) in [6.45, 7) is 7.47. The molecule has 0 heterocycles. The second-order valence-corrected chi connectivity index (χ2v) is 5.27. The van der Waals surface area contributed by atoms with E-state index in [9.17, 15) is 13.2 Å². The lowest BCUT2D eigenvalue weighted by molar-refractivity contribution is -0.137. The quantitative estimate of drug-likeness (QED) is 0.858. The SMILES string of the molecule is CCNC(CN(C)C(C)C)c1cccc(C(F)(F)F)c1. The number of rotatable bonds is 6. The molecular weight excluding hydrogens is 265 g/mol. The van der Waals surface area contributed by atoms with Gasteiger partial charge >= 0.3 is 6.18 Å². The molecule has 1 atom stereocenters. The normalized spacial score (nSPS) is 14.1. The van der Waals surface area contributed by atoms with Crippen LogP contribution in [0.3, 0.4) is 0 Å². The first kappa shape index (κ1) is 17.0. The Morgan fingerprint density at radius 1 is 1.25 bits per heavy atom. The molecule has 0 aromatic heterocycles. The maximum absolute atomic E-state index is 12.8. The van der Waals surface area contributed by atoms with Crippen LogP contribution in [-0.2, 0) is 6.18 Å². The van der Waals surface area contributed by atoms with Gasteiger partial charge < -0.3 is 10.2 Å². The Kier molecular flexibility index (Phi) is 6.02. The molecule has 1 unspecified atom stereocenters. The Morgan fingerprint density at radius 2 is 1.90 bits per heavy atom. The molecule has 1 aromatic rings. The molecule has 20 heavy (non-hydrogen) atoms. The summed E-state index contributed by atoms with van der Waals surface area (Å²) in [6.07, 6.45) is -4.29. The fourth-order valence-electron chi connectivity index (χ4n) is 1.96. The molecule has 0 bridgehead atoms. The second kappa shape index (κ2) is 7.09. The molecule has 0 saturated heterocycles. The van der Waals surface area contributed by atoms with Gasteiger partial charge in [-0.1, -0.05) is 19.1 Å². The molecule has 5 heteroatoms. The maximum atomic E-state index is 12.8. The van der Waals surface area contributed by atoms with Crippen molar-refractivity contribution < 1.29 is 13.2 Å². The largest absolute Gasteiger partial charge is 0.416 e. The Morgan fingerprint density at radius 3 is 2.40 bits per heavy atom. The highest BCUT2D eigenvalue weighted by atomic mass is 19.4. The molecule has 0 aliphatic carbocycles. The van der Waals surface area contributed by atoms with Crippen LogP contribution in [0.25, 0.3) is 0 Å². The molecule has 0 saturated carbocycles. The molecule has 0 radical (unpaired) electrons. The van der Waals surface area contributed by atoms with E-state index in [4.69, 9.17) is 0 Å². The molecule has 114 valence electrons. The van der Waals surface area contributed by atoms with Crippen LogP contribution < -0.4 is 5.32 Å². The first-order valence-electron chi connectivity index (χ1n) is 6.86. The Balaban J connectivity index is 2.97. The maximum Gasteiger partial charge on any atom is 0.416 e. The lowest BCUT2D eigenvalue weighted by atomic mass is 10.0. The minimum absolute atomic E-state index is 0.102. The van der Waals surface area contributed by atoms with E-state index in [0.29, 0.717) is 24.7 Å². The Labute approximate surface area is 119 Å². The fraction of sp³-hybridized carbons (Fsp3) is 0.600. The zero-order valence-electron chi connectivity index (χ0n) is 12.5. The summed E-state index contributed by atoms with van der Waals surface area (Å²) in [5, 5.41) is 3.25. The number of nitrogens with one attached hydrogen (secondary N) is 1. The van der Waals surface area contributed by atoms with E-state index in [1.807, 2.05) is 14.0 Å². The Bertz CT molecular complexity index is 416. The van der Waals surface area contributed by atoms with Crippen LogP contribution in [0.4, 0.5) is 13.2 Å². The third-order valence-electron chi connectivity index (χ3n) is 3.42. The van der Waals surface area contributed by atoms with E-state index in [2.05, 4.69) is 24.1 Å². The summed E-state index contributed by atoms with van der Waals surface area (Å²) in [6, 6.07) is 5.81. The van der Waals surface area contributed by atoms with Crippen molar-refractivity contribution in [2.24, 2.45) is 0 Å². The lowest BCUT2D eigenvalue weighted by Gasteiger charge is -2.28. The highest BCUT2D eigenvalue weighted by Gasteiger charge is 2.31. The van der Waals surface area contributed by atoms with E-state index in [-0.39, 0.29) is 6.04 Å².